The molecule has 9 heteroatoms. The Morgan fingerprint density at radius 1 is 0.758 bits per heavy atom. The molecule has 1 aliphatic carbocycles. The van der Waals surface area contributed by atoms with E-state index in [-0.39, 0.29) is 34.0 Å². The van der Waals surface area contributed by atoms with Crippen molar-refractivity contribution in [2.24, 2.45) is 16.1 Å². The van der Waals surface area contributed by atoms with E-state index in [2.05, 4.69) is 26.2 Å². The molecule has 7 nitrogen and oxygen atoms in total. The first-order chi connectivity index (χ1) is 15.7. The molecular weight excluding hydrogens is 479 g/mol. The first-order valence-corrected chi connectivity index (χ1v) is 13.9. The third-order valence-electron chi connectivity index (χ3n) is 5.78. The first kappa shape index (κ1) is 32.8. The van der Waals surface area contributed by atoms with Crippen LogP contribution in [0.25, 0.3) is 21.7 Å². The van der Waals surface area contributed by atoms with Crippen LogP contribution in [0.1, 0.15) is 83.5 Å². The normalized spacial score (nSPS) is 25.7. The fourth-order valence-corrected chi connectivity index (χ4v) is 3.86. The van der Waals surface area contributed by atoms with E-state index in [1.54, 1.807) is 12.5 Å². The summed E-state index contributed by atoms with van der Waals surface area (Å²) in [5.41, 5.74) is 7.22. The Morgan fingerprint density at radius 2 is 1.18 bits per heavy atom. The number of nitrogens with zero attached hydrogens (tertiary/aromatic N) is 5. The van der Waals surface area contributed by atoms with Gasteiger partial charge in [-0.2, -0.15) is 0 Å². The molecule has 1 radical (unpaired) electrons. The molecule has 0 spiro atoms. The molecule has 0 amide bonds. The van der Waals surface area contributed by atoms with Crippen LogP contribution in [0.4, 0.5) is 0 Å². The van der Waals surface area contributed by atoms with E-state index in [0.29, 0.717) is 0 Å². The van der Waals surface area contributed by atoms with Crippen LogP contribution in [0.2, 0.25) is 0 Å². The maximum absolute atomic E-state index is 9.60. The van der Waals surface area contributed by atoms with Crippen LogP contribution in [0, 0.1) is 5.92 Å². The van der Waals surface area contributed by atoms with Gasteiger partial charge in [0.1, 0.15) is 0 Å². The van der Waals surface area contributed by atoms with Gasteiger partial charge in [0, 0.05) is 28.9 Å². The molecule has 0 aromatic rings. The van der Waals surface area contributed by atoms with Crippen molar-refractivity contribution in [3.05, 3.63) is 21.7 Å². The molecule has 4 rings (SSSR count). The van der Waals surface area contributed by atoms with E-state index in [4.69, 9.17) is 5.73 Å². The summed E-state index contributed by atoms with van der Waals surface area (Å²) in [7, 11) is 0. The summed E-state index contributed by atoms with van der Waals surface area (Å²) < 4.78 is 0. The Bertz CT molecular complexity index is 409. The molecule has 2 unspecified atom stereocenters. The van der Waals surface area contributed by atoms with E-state index in [1.165, 1.54) is 69.5 Å². The average molecular weight is 526 g/mol. The van der Waals surface area contributed by atoms with Crippen molar-refractivity contribution in [3.63, 3.8) is 0 Å². The van der Waals surface area contributed by atoms with Gasteiger partial charge in [0.05, 0.1) is 6.10 Å². The van der Waals surface area contributed by atoms with Crippen LogP contribution in [0.3, 0.4) is 0 Å². The van der Waals surface area contributed by atoms with Gasteiger partial charge >= 0.3 is 0 Å². The minimum atomic E-state index is -0.272. The van der Waals surface area contributed by atoms with Crippen molar-refractivity contribution < 1.29 is 21.9 Å². The van der Waals surface area contributed by atoms with E-state index in [0.717, 1.165) is 65.0 Å². The molecule has 0 aromatic carbocycles. The van der Waals surface area contributed by atoms with Gasteiger partial charge in [0.15, 0.2) is 0 Å². The fourth-order valence-electron chi connectivity index (χ4n) is 3.73. The van der Waals surface area contributed by atoms with Crippen LogP contribution in [-0.2, 0) is 16.8 Å². The van der Waals surface area contributed by atoms with Crippen molar-refractivity contribution in [2.45, 2.75) is 89.6 Å². The quantitative estimate of drug-likeness (QED) is 0.240. The van der Waals surface area contributed by atoms with Crippen LogP contribution >= 0.6 is 11.8 Å². The average Bonchev–Trinajstić information content (AvgIpc) is 2.89. The zero-order chi connectivity index (χ0) is 23.1. The minimum Gasteiger partial charge on any atom is -0.662 e. The Labute approximate surface area is 217 Å². The SMILES string of the molecule is C1CC[N-]CC1.C1CC[N-]CC1.C1CC[N-]CC1.CSC([NH-])=NN=CC1CCCCC1O.[Co]. The second kappa shape index (κ2) is 24.9. The standard InChI is InChI=1S/C9H16N3OS.3C5H10N.Co/c1-14-9(10)12-11-6-7-4-2-3-5-8(7)13;3*1-2-4-6-5-3-1;/h6-8,13H,2-5H2,1H3,(H-,10,12);3*1-5H2;/q4*-1;. The predicted molar refractivity (Wildman–Crippen MR) is 143 cm³/mol. The van der Waals surface area contributed by atoms with Crippen molar-refractivity contribution in [1.82, 2.24) is 0 Å². The van der Waals surface area contributed by atoms with Gasteiger partial charge in [0.2, 0.25) is 0 Å². The zero-order valence-corrected chi connectivity index (χ0v) is 22.4. The largest absolute Gasteiger partial charge is 0.662 e. The van der Waals surface area contributed by atoms with E-state index >= 15 is 0 Å². The van der Waals surface area contributed by atoms with Crippen molar-refractivity contribution >= 4 is 23.1 Å². The Balaban J connectivity index is 0.000000449. The molecule has 1 saturated carbocycles. The third kappa shape index (κ3) is 20.9. The molecule has 3 heterocycles. The third-order valence-corrected chi connectivity index (χ3v) is 6.25. The van der Waals surface area contributed by atoms with Crippen LogP contribution in [0.5, 0.6) is 0 Å². The number of hydrogen-bond donors (Lipinski definition) is 1. The topological polar surface area (TPSA) is 111 Å². The number of rotatable bonds is 2. The molecule has 33 heavy (non-hydrogen) atoms. The van der Waals surface area contributed by atoms with E-state index in [1.807, 2.05) is 0 Å². The molecule has 0 aromatic heterocycles. The first-order valence-electron chi connectivity index (χ1n) is 12.7. The van der Waals surface area contributed by atoms with Crippen molar-refractivity contribution in [2.75, 3.05) is 45.5 Å². The molecule has 197 valence electrons. The van der Waals surface area contributed by atoms with E-state index < -0.39 is 0 Å². The molecular formula is C24H46CoN6OS-4. The molecule has 0 bridgehead atoms. The summed E-state index contributed by atoms with van der Waals surface area (Å²) >= 11 is 1.25. The van der Waals surface area contributed by atoms with Gasteiger partial charge in [-0.1, -0.05) is 70.6 Å². The maximum Gasteiger partial charge on any atom is 0.0617 e. The zero-order valence-electron chi connectivity index (χ0n) is 20.6. The number of nitrogens with one attached hydrogen (secondary N) is 1. The predicted octanol–water partition coefficient (Wildman–Crippen LogP) is 6.92. The van der Waals surface area contributed by atoms with Gasteiger partial charge in [0.25, 0.3) is 0 Å². The number of piperidine rings is 3. The van der Waals surface area contributed by atoms with Gasteiger partial charge in [-0.25, -0.2) is 0 Å². The molecule has 3 saturated heterocycles. The summed E-state index contributed by atoms with van der Waals surface area (Å²) in [6.45, 7) is 6.75. The molecule has 3 aliphatic heterocycles. The number of amidine groups is 1. The number of hydrogen-bond acceptors (Lipinski definition) is 4. The Hall–Kier alpha value is -0.164. The summed E-state index contributed by atoms with van der Waals surface area (Å²) in [5.74, 6) is 0.127. The monoisotopic (exact) mass is 525 g/mol. The van der Waals surface area contributed by atoms with Gasteiger partial charge in [-0.3, -0.25) is 5.10 Å². The maximum atomic E-state index is 9.60. The second-order valence-electron chi connectivity index (χ2n) is 8.58. The van der Waals surface area contributed by atoms with Crippen LogP contribution in [0.15, 0.2) is 10.2 Å². The van der Waals surface area contributed by atoms with Gasteiger partial charge < -0.3 is 31.9 Å². The minimum absolute atomic E-state index is 0. The summed E-state index contributed by atoms with van der Waals surface area (Å²) in [6, 6.07) is 0. The summed E-state index contributed by atoms with van der Waals surface area (Å²) in [5, 5.41) is 29.8. The summed E-state index contributed by atoms with van der Waals surface area (Å²) in [6.07, 6.45) is 19.5. The summed E-state index contributed by atoms with van der Waals surface area (Å²) in [4.78, 5) is 0. The number of aliphatic hydroxyl groups excluding tert-OH is 1. The van der Waals surface area contributed by atoms with Crippen LogP contribution < -0.4 is 0 Å². The van der Waals surface area contributed by atoms with Crippen molar-refractivity contribution in [3.8, 4) is 0 Å². The van der Waals surface area contributed by atoms with E-state index in [9.17, 15) is 5.11 Å². The molecule has 4 aliphatic rings. The fraction of sp³-hybridized carbons (Fsp3) is 0.917. The molecule has 4 fully saturated rings. The van der Waals surface area contributed by atoms with Gasteiger partial charge in [-0.15, -0.1) is 51.0 Å². The Kier molecular flexibility index (Phi) is 24.8. The van der Waals surface area contributed by atoms with Gasteiger partial charge in [-0.05, 0) is 24.3 Å². The van der Waals surface area contributed by atoms with Crippen molar-refractivity contribution in [1.29, 1.82) is 0 Å². The smallest absolute Gasteiger partial charge is 0.0617 e. The number of aliphatic hydroxyl groups is 1. The second-order valence-corrected chi connectivity index (χ2v) is 9.38. The molecule has 2 N–H and O–H groups in total. The Morgan fingerprint density at radius 3 is 1.48 bits per heavy atom. The number of thioether (sulfide) groups is 1. The molecule has 2 atom stereocenters. The van der Waals surface area contributed by atoms with Crippen LogP contribution in [-0.4, -0.2) is 68.1 Å².